The SMILES string of the molecule is COc1ccccc1-c1nnc(SCN2C(=O)c3ccccc3C2=O)o1. The molecule has 0 saturated heterocycles. The van der Waals surface area contributed by atoms with Gasteiger partial charge < -0.3 is 9.15 Å². The van der Waals surface area contributed by atoms with Crippen LogP contribution in [0.3, 0.4) is 0 Å². The number of benzene rings is 2. The van der Waals surface area contributed by atoms with E-state index in [2.05, 4.69) is 10.2 Å². The van der Waals surface area contributed by atoms with Crippen LogP contribution in [0.2, 0.25) is 0 Å². The van der Waals surface area contributed by atoms with Crippen molar-refractivity contribution in [3.05, 3.63) is 59.7 Å². The molecule has 3 aromatic rings. The summed E-state index contributed by atoms with van der Waals surface area (Å²) in [7, 11) is 1.56. The highest BCUT2D eigenvalue weighted by Crippen LogP contribution is 2.31. The molecule has 0 saturated carbocycles. The zero-order valence-corrected chi connectivity index (χ0v) is 14.5. The average molecular weight is 367 g/mol. The number of hydrogen-bond acceptors (Lipinski definition) is 7. The number of rotatable bonds is 5. The number of imide groups is 1. The van der Waals surface area contributed by atoms with E-state index in [1.807, 2.05) is 18.2 Å². The average Bonchev–Trinajstić information content (AvgIpc) is 3.24. The Morgan fingerprint density at radius 3 is 2.23 bits per heavy atom. The van der Waals surface area contributed by atoms with Crippen molar-refractivity contribution < 1.29 is 18.7 Å². The number of carbonyl (C=O) groups excluding carboxylic acids is 2. The summed E-state index contributed by atoms with van der Waals surface area (Å²) < 4.78 is 10.9. The van der Waals surface area contributed by atoms with Crippen molar-refractivity contribution in [2.75, 3.05) is 13.0 Å². The molecule has 2 aromatic carbocycles. The molecule has 8 heteroatoms. The second kappa shape index (κ2) is 6.64. The summed E-state index contributed by atoms with van der Waals surface area (Å²) in [6.07, 6.45) is 0. The summed E-state index contributed by atoms with van der Waals surface area (Å²) in [5.74, 6) is 0.394. The number of ether oxygens (including phenoxy) is 1. The fourth-order valence-electron chi connectivity index (χ4n) is 2.67. The molecule has 0 radical (unpaired) electrons. The van der Waals surface area contributed by atoms with Gasteiger partial charge in [-0.3, -0.25) is 14.5 Å². The van der Waals surface area contributed by atoms with Crippen LogP contribution < -0.4 is 4.74 Å². The molecule has 0 atom stereocenters. The zero-order chi connectivity index (χ0) is 18.1. The molecule has 1 aliphatic rings. The number of amides is 2. The fraction of sp³-hybridized carbons (Fsp3) is 0.111. The predicted octanol–water partition coefficient (Wildman–Crippen LogP) is 3.09. The number of nitrogens with zero attached hydrogens (tertiary/aromatic N) is 3. The summed E-state index contributed by atoms with van der Waals surface area (Å²) in [6.45, 7) is 0. The lowest BCUT2D eigenvalue weighted by Crippen LogP contribution is -2.29. The van der Waals surface area contributed by atoms with Crippen LogP contribution in [0.25, 0.3) is 11.5 Å². The first kappa shape index (κ1) is 16.3. The Hall–Kier alpha value is -3.13. The quantitative estimate of drug-likeness (QED) is 0.506. The third kappa shape index (κ3) is 2.74. The molecule has 26 heavy (non-hydrogen) atoms. The topological polar surface area (TPSA) is 85.5 Å². The molecule has 0 aliphatic carbocycles. The van der Waals surface area contributed by atoms with E-state index < -0.39 is 0 Å². The highest BCUT2D eigenvalue weighted by Gasteiger charge is 2.35. The van der Waals surface area contributed by atoms with E-state index in [9.17, 15) is 9.59 Å². The first-order valence-corrected chi connectivity index (χ1v) is 8.72. The van der Waals surface area contributed by atoms with Crippen LogP contribution in [-0.2, 0) is 0 Å². The first-order chi connectivity index (χ1) is 12.7. The van der Waals surface area contributed by atoms with Crippen molar-refractivity contribution in [2.24, 2.45) is 0 Å². The van der Waals surface area contributed by atoms with Crippen LogP contribution in [0.15, 0.2) is 58.2 Å². The van der Waals surface area contributed by atoms with Crippen LogP contribution >= 0.6 is 11.8 Å². The molecule has 7 nitrogen and oxygen atoms in total. The van der Waals surface area contributed by atoms with Gasteiger partial charge in [-0.15, -0.1) is 10.2 Å². The van der Waals surface area contributed by atoms with Crippen LogP contribution in [0.1, 0.15) is 20.7 Å². The Balaban J connectivity index is 1.49. The number of thioether (sulfide) groups is 1. The number of para-hydroxylation sites is 1. The monoisotopic (exact) mass is 367 g/mol. The minimum atomic E-state index is -0.317. The van der Waals surface area contributed by atoms with E-state index in [4.69, 9.17) is 9.15 Å². The summed E-state index contributed by atoms with van der Waals surface area (Å²) in [4.78, 5) is 25.9. The second-order valence-corrected chi connectivity index (χ2v) is 6.33. The number of aromatic nitrogens is 2. The number of methoxy groups -OCH3 is 1. The Kier molecular flexibility index (Phi) is 4.18. The third-order valence-corrected chi connectivity index (χ3v) is 4.74. The molecule has 0 spiro atoms. The standard InChI is InChI=1S/C18H13N3O4S/c1-24-14-9-5-4-8-13(14)15-19-20-18(25-15)26-10-21-16(22)11-6-2-3-7-12(11)17(21)23/h2-9H,10H2,1H3. The van der Waals surface area contributed by atoms with Crippen molar-refractivity contribution in [3.8, 4) is 17.2 Å². The normalized spacial score (nSPS) is 13.2. The van der Waals surface area contributed by atoms with Gasteiger partial charge in [0.15, 0.2) is 0 Å². The molecule has 1 aliphatic heterocycles. The van der Waals surface area contributed by atoms with Gasteiger partial charge in [-0.25, -0.2) is 0 Å². The van der Waals surface area contributed by atoms with Crippen LogP contribution in [0.4, 0.5) is 0 Å². The number of fused-ring (bicyclic) bond motifs is 1. The summed E-state index contributed by atoms with van der Waals surface area (Å²) in [6, 6.07) is 14.1. The Morgan fingerprint density at radius 2 is 1.58 bits per heavy atom. The molecule has 2 heterocycles. The molecule has 0 N–H and O–H groups in total. The third-order valence-electron chi connectivity index (χ3n) is 3.94. The molecular formula is C18H13N3O4S. The molecule has 0 unspecified atom stereocenters. The lowest BCUT2D eigenvalue weighted by atomic mass is 10.1. The molecule has 0 fully saturated rings. The van der Waals surface area contributed by atoms with Gasteiger partial charge in [-0.05, 0) is 36.0 Å². The molecule has 2 amide bonds. The number of carbonyl (C=O) groups is 2. The molecular weight excluding hydrogens is 354 g/mol. The van der Waals surface area contributed by atoms with E-state index in [0.717, 1.165) is 11.8 Å². The molecule has 130 valence electrons. The fourth-order valence-corrected chi connectivity index (χ4v) is 3.38. The predicted molar refractivity (Wildman–Crippen MR) is 94.0 cm³/mol. The van der Waals surface area contributed by atoms with E-state index in [1.165, 1.54) is 4.90 Å². The van der Waals surface area contributed by atoms with Crippen molar-refractivity contribution in [3.63, 3.8) is 0 Å². The van der Waals surface area contributed by atoms with Gasteiger partial charge in [-0.1, -0.05) is 24.3 Å². The van der Waals surface area contributed by atoms with E-state index in [-0.39, 0.29) is 22.9 Å². The summed E-state index contributed by atoms with van der Waals surface area (Å²) in [5, 5.41) is 8.25. The molecule has 0 bridgehead atoms. The summed E-state index contributed by atoms with van der Waals surface area (Å²) >= 11 is 1.13. The minimum Gasteiger partial charge on any atom is -0.496 e. The van der Waals surface area contributed by atoms with Crippen LogP contribution in [0, 0.1) is 0 Å². The lowest BCUT2D eigenvalue weighted by Gasteiger charge is -2.11. The van der Waals surface area contributed by atoms with Crippen molar-refractivity contribution >= 4 is 23.6 Å². The maximum atomic E-state index is 12.3. The second-order valence-electron chi connectivity index (χ2n) is 5.43. The van der Waals surface area contributed by atoms with E-state index >= 15 is 0 Å². The van der Waals surface area contributed by atoms with Crippen LogP contribution in [0.5, 0.6) is 5.75 Å². The summed E-state index contributed by atoms with van der Waals surface area (Å²) in [5.41, 5.74) is 1.51. The van der Waals surface area contributed by atoms with Gasteiger partial charge in [0, 0.05) is 0 Å². The van der Waals surface area contributed by atoms with Gasteiger partial charge >= 0.3 is 0 Å². The van der Waals surface area contributed by atoms with Gasteiger partial charge in [0.2, 0.25) is 0 Å². The lowest BCUT2D eigenvalue weighted by molar-refractivity contribution is 0.0684. The first-order valence-electron chi connectivity index (χ1n) is 7.74. The molecule has 1 aromatic heterocycles. The van der Waals surface area contributed by atoms with E-state index in [1.54, 1.807) is 37.4 Å². The highest BCUT2D eigenvalue weighted by atomic mass is 32.2. The van der Waals surface area contributed by atoms with Gasteiger partial charge in [-0.2, -0.15) is 0 Å². The molecule has 4 rings (SSSR count). The van der Waals surface area contributed by atoms with Gasteiger partial charge in [0.1, 0.15) is 5.75 Å². The zero-order valence-electron chi connectivity index (χ0n) is 13.7. The maximum Gasteiger partial charge on any atom is 0.278 e. The van der Waals surface area contributed by atoms with Gasteiger partial charge in [0.05, 0.1) is 29.7 Å². The smallest absolute Gasteiger partial charge is 0.278 e. The van der Waals surface area contributed by atoms with Crippen molar-refractivity contribution in [1.29, 1.82) is 0 Å². The van der Waals surface area contributed by atoms with Crippen LogP contribution in [-0.4, -0.2) is 39.9 Å². The van der Waals surface area contributed by atoms with E-state index in [0.29, 0.717) is 28.3 Å². The van der Waals surface area contributed by atoms with Crippen molar-refractivity contribution in [2.45, 2.75) is 5.22 Å². The van der Waals surface area contributed by atoms with Gasteiger partial charge in [0.25, 0.3) is 22.9 Å². The Labute approximate surface area is 153 Å². The maximum absolute atomic E-state index is 12.3. The number of hydrogen-bond donors (Lipinski definition) is 0. The Morgan fingerprint density at radius 1 is 0.962 bits per heavy atom. The van der Waals surface area contributed by atoms with Crippen molar-refractivity contribution in [1.82, 2.24) is 15.1 Å². The Bertz CT molecular complexity index is 966. The minimum absolute atomic E-state index is 0.0971. The highest BCUT2D eigenvalue weighted by molar-refractivity contribution is 7.99. The largest absolute Gasteiger partial charge is 0.496 e.